The van der Waals surface area contributed by atoms with E-state index in [0.717, 1.165) is 24.8 Å². The number of ether oxygens (including phenoxy) is 1. The maximum atomic E-state index is 12.2. The predicted molar refractivity (Wildman–Crippen MR) is 122 cm³/mol. The van der Waals surface area contributed by atoms with Crippen LogP contribution in [0.4, 0.5) is 0 Å². The van der Waals surface area contributed by atoms with Gasteiger partial charge in [-0.05, 0) is 24.5 Å². The average molecular weight is 467 g/mol. The zero-order chi connectivity index (χ0) is 22.4. The van der Waals surface area contributed by atoms with Crippen LogP contribution < -0.4 is 4.74 Å². The molecular formula is C22H35NaO7S. The van der Waals surface area contributed by atoms with E-state index < -0.39 is 33.7 Å². The first-order valence-corrected chi connectivity index (χ1v) is 12.2. The summed E-state index contributed by atoms with van der Waals surface area (Å²) < 4.78 is 37.0. The van der Waals surface area contributed by atoms with Gasteiger partial charge in [0.05, 0.1) is 6.42 Å². The molecule has 0 bridgehead atoms. The zero-order valence-electron chi connectivity index (χ0n) is 17.7. The summed E-state index contributed by atoms with van der Waals surface area (Å²) in [6, 6.07) is 6.76. The summed E-state index contributed by atoms with van der Waals surface area (Å²) in [5.74, 6) is -2.62. The van der Waals surface area contributed by atoms with E-state index in [4.69, 9.17) is 14.4 Å². The Morgan fingerprint density at radius 2 is 1.45 bits per heavy atom. The molecule has 1 unspecified atom stereocenters. The third kappa shape index (κ3) is 13.3. The fraction of sp³-hybridized carbons (Fsp3) is 0.636. The summed E-state index contributed by atoms with van der Waals surface area (Å²) in [5.41, 5.74) is 0.745. The van der Waals surface area contributed by atoms with Gasteiger partial charge in [0.2, 0.25) is 0 Å². The molecule has 1 atom stereocenters. The first kappa shape index (κ1) is 30.1. The molecule has 0 aromatic heterocycles. The van der Waals surface area contributed by atoms with Gasteiger partial charge < -0.3 is 9.84 Å². The number of esters is 1. The SMILES string of the molecule is CCCCCCCCCCCCc1ccccc1OC(=O)C(CC(=O)O)S(=O)(=O)O.[NaH]. The fourth-order valence-electron chi connectivity index (χ4n) is 3.26. The van der Waals surface area contributed by atoms with E-state index >= 15 is 0 Å². The summed E-state index contributed by atoms with van der Waals surface area (Å²) in [6.07, 6.45) is 11.6. The Morgan fingerprint density at radius 1 is 0.935 bits per heavy atom. The van der Waals surface area contributed by atoms with Crippen molar-refractivity contribution in [2.75, 3.05) is 0 Å². The number of aliphatic carboxylic acids is 1. The molecular weight excluding hydrogens is 431 g/mol. The number of para-hydroxylation sites is 1. The normalized spacial score (nSPS) is 12.1. The second-order valence-corrected chi connectivity index (χ2v) is 9.16. The van der Waals surface area contributed by atoms with Gasteiger partial charge in [-0.3, -0.25) is 14.1 Å². The van der Waals surface area contributed by atoms with Crippen molar-refractivity contribution >= 4 is 51.6 Å². The van der Waals surface area contributed by atoms with Gasteiger partial charge in [-0.1, -0.05) is 82.9 Å². The van der Waals surface area contributed by atoms with Gasteiger partial charge in [-0.25, -0.2) is 0 Å². The van der Waals surface area contributed by atoms with Gasteiger partial charge in [0.25, 0.3) is 10.1 Å². The number of carboxylic acid groups (broad SMARTS) is 1. The van der Waals surface area contributed by atoms with Gasteiger partial charge in [0, 0.05) is 0 Å². The summed E-state index contributed by atoms with van der Waals surface area (Å²) >= 11 is 0. The van der Waals surface area contributed by atoms with Crippen LogP contribution in [0.2, 0.25) is 0 Å². The van der Waals surface area contributed by atoms with Crippen LogP contribution in [-0.2, 0) is 26.1 Å². The second kappa shape index (κ2) is 16.7. The fourth-order valence-corrected chi connectivity index (χ4v) is 3.90. The van der Waals surface area contributed by atoms with Crippen molar-refractivity contribution in [3.8, 4) is 5.75 Å². The monoisotopic (exact) mass is 466 g/mol. The van der Waals surface area contributed by atoms with Crippen molar-refractivity contribution in [2.45, 2.75) is 89.2 Å². The van der Waals surface area contributed by atoms with Gasteiger partial charge in [0.15, 0.2) is 5.25 Å². The van der Waals surface area contributed by atoms with Crippen LogP contribution in [0, 0.1) is 0 Å². The van der Waals surface area contributed by atoms with Gasteiger partial charge in [-0.2, -0.15) is 8.42 Å². The molecule has 7 nitrogen and oxygen atoms in total. The number of unbranched alkanes of at least 4 members (excludes halogenated alkanes) is 9. The predicted octanol–water partition coefficient (Wildman–Crippen LogP) is 4.14. The minimum absolute atomic E-state index is 0. The third-order valence-electron chi connectivity index (χ3n) is 4.97. The van der Waals surface area contributed by atoms with Crippen molar-refractivity contribution in [2.24, 2.45) is 0 Å². The Balaban J connectivity index is 0.00000900. The van der Waals surface area contributed by atoms with E-state index in [-0.39, 0.29) is 35.3 Å². The van der Waals surface area contributed by atoms with Crippen molar-refractivity contribution < 1.29 is 32.4 Å². The first-order valence-electron chi connectivity index (χ1n) is 10.7. The molecule has 0 aliphatic rings. The summed E-state index contributed by atoms with van der Waals surface area (Å²) in [5, 5.41) is 6.64. The molecule has 0 aliphatic heterocycles. The summed E-state index contributed by atoms with van der Waals surface area (Å²) in [6.45, 7) is 2.21. The molecule has 0 radical (unpaired) electrons. The number of benzene rings is 1. The molecule has 0 amide bonds. The number of aryl methyl sites for hydroxylation is 1. The average Bonchev–Trinajstić information content (AvgIpc) is 2.67. The van der Waals surface area contributed by atoms with E-state index in [1.807, 2.05) is 0 Å². The molecule has 1 aromatic carbocycles. The number of rotatable bonds is 16. The van der Waals surface area contributed by atoms with E-state index in [9.17, 15) is 18.0 Å². The van der Waals surface area contributed by atoms with Gasteiger partial charge >= 0.3 is 41.5 Å². The molecule has 172 valence electrons. The molecule has 2 N–H and O–H groups in total. The molecule has 0 heterocycles. The Hall–Kier alpha value is -0.930. The van der Waals surface area contributed by atoms with Crippen LogP contribution in [0.25, 0.3) is 0 Å². The van der Waals surface area contributed by atoms with Crippen molar-refractivity contribution in [3.63, 3.8) is 0 Å². The molecule has 1 aromatic rings. The number of hydrogen-bond donors (Lipinski definition) is 2. The van der Waals surface area contributed by atoms with E-state index in [0.29, 0.717) is 6.42 Å². The molecule has 0 saturated carbocycles. The van der Waals surface area contributed by atoms with E-state index in [2.05, 4.69) is 6.92 Å². The zero-order valence-corrected chi connectivity index (χ0v) is 18.5. The molecule has 0 spiro atoms. The summed E-state index contributed by atoms with van der Waals surface area (Å²) in [7, 11) is -4.89. The third-order valence-corrected chi connectivity index (χ3v) is 6.04. The quantitative estimate of drug-likeness (QED) is 0.124. The van der Waals surface area contributed by atoms with Crippen molar-refractivity contribution in [3.05, 3.63) is 29.8 Å². The van der Waals surface area contributed by atoms with Crippen LogP contribution in [0.15, 0.2) is 24.3 Å². The molecule has 0 aliphatic carbocycles. The first-order chi connectivity index (χ1) is 14.3. The topological polar surface area (TPSA) is 118 Å². The van der Waals surface area contributed by atoms with Crippen LogP contribution in [0.1, 0.15) is 83.1 Å². The minimum atomic E-state index is -4.89. The standard InChI is InChI=1S/C22H34O7S.Na.H/c1-2-3-4-5-6-7-8-9-10-11-14-18-15-12-13-16-19(18)29-22(25)20(17-21(23)24)30(26,27)28;;/h12-13,15-16,20H,2-11,14,17H2,1H3,(H,23,24)(H,26,27,28);;. The number of carbonyl (C=O) groups is 2. The Kier molecular flexibility index (Phi) is 16.2. The maximum absolute atomic E-state index is 12.2. The summed E-state index contributed by atoms with van der Waals surface area (Å²) in [4.78, 5) is 23.0. The van der Waals surface area contributed by atoms with E-state index in [1.54, 1.807) is 18.2 Å². The van der Waals surface area contributed by atoms with Crippen LogP contribution in [-0.4, -0.2) is 64.8 Å². The van der Waals surface area contributed by atoms with Crippen LogP contribution in [0.5, 0.6) is 5.75 Å². The molecule has 9 heteroatoms. The van der Waals surface area contributed by atoms with Gasteiger partial charge in [-0.15, -0.1) is 0 Å². The Labute approximate surface area is 208 Å². The van der Waals surface area contributed by atoms with Crippen molar-refractivity contribution in [1.29, 1.82) is 0 Å². The number of carboxylic acids is 1. The van der Waals surface area contributed by atoms with E-state index in [1.165, 1.54) is 51.0 Å². The molecule has 0 saturated heterocycles. The molecule has 31 heavy (non-hydrogen) atoms. The molecule has 0 fully saturated rings. The van der Waals surface area contributed by atoms with Crippen molar-refractivity contribution in [1.82, 2.24) is 0 Å². The number of carbonyl (C=O) groups excluding carboxylic acids is 1. The van der Waals surface area contributed by atoms with Crippen LogP contribution in [0.3, 0.4) is 0 Å². The van der Waals surface area contributed by atoms with Crippen LogP contribution >= 0.6 is 0 Å². The van der Waals surface area contributed by atoms with Gasteiger partial charge in [0.1, 0.15) is 5.75 Å². The molecule has 1 rings (SSSR count). The Bertz CT molecular complexity index is 765. The second-order valence-electron chi connectivity index (χ2n) is 7.56. The number of hydrogen-bond acceptors (Lipinski definition) is 5. The Morgan fingerprint density at radius 3 is 1.97 bits per heavy atom.